The van der Waals surface area contributed by atoms with E-state index in [0.717, 1.165) is 0 Å². The quantitative estimate of drug-likeness (QED) is 0.182. The van der Waals surface area contributed by atoms with Crippen LogP contribution in [-0.2, 0) is 0 Å². The van der Waals surface area contributed by atoms with Crippen LogP contribution in [0.2, 0.25) is 0 Å². The zero-order chi connectivity index (χ0) is 4.83. The summed E-state index contributed by atoms with van der Waals surface area (Å²) < 4.78 is 0. The Balaban J connectivity index is 2.34. The average Bonchev–Trinajstić information content (AvgIpc) is 1.61. The highest BCUT2D eigenvalue weighted by molar-refractivity contribution is 4.32. The zero-order valence-corrected chi connectivity index (χ0v) is 3.57. The Morgan fingerprint density at radius 3 is 2.33 bits per heavy atom. The Labute approximate surface area is 36.8 Å². The molecular formula is C2H10N4. The number of hydrogen-bond donors (Lipinski definition) is 4. The molecule has 0 aromatic rings. The van der Waals surface area contributed by atoms with Crippen LogP contribution < -0.4 is 22.5 Å². The lowest BCUT2D eigenvalue weighted by Gasteiger charge is -1.94. The van der Waals surface area contributed by atoms with E-state index >= 15 is 0 Å². The molecule has 4 heteroatoms. The molecule has 0 saturated carbocycles. The van der Waals surface area contributed by atoms with Crippen molar-refractivity contribution in [3.8, 4) is 0 Å². The van der Waals surface area contributed by atoms with Crippen LogP contribution in [0.5, 0.6) is 0 Å². The minimum absolute atomic E-state index is 0.601. The van der Waals surface area contributed by atoms with Crippen molar-refractivity contribution in [2.75, 3.05) is 13.1 Å². The third kappa shape index (κ3) is 3.84. The molecule has 38 valence electrons. The van der Waals surface area contributed by atoms with Crippen molar-refractivity contribution in [1.82, 2.24) is 11.0 Å². The molecule has 0 aliphatic rings. The van der Waals surface area contributed by atoms with E-state index in [1.807, 2.05) is 0 Å². The van der Waals surface area contributed by atoms with Gasteiger partial charge in [-0.15, -0.1) is 0 Å². The van der Waals surface area contributed by atoms with Crippen LogP contribution in [0.1, 0.15) is 0 Å². The fourth-order valence-corrected chi connectivity index (χ4v) is 0.144. The van der Waals surface area contributed by atoms with E-state index in [1.54, 1.807) is 0 Å². The van der Waals surface area contributed by atoms with Gasteiger partial charge in [-0.1, -0.05) is 0 Å². The monoisotopic (exact) mass is 90.1 g/mol. The summed E-state index contributed by atoms with van der Waals surface area (Å²) in [6, 6.07) is 0. The average molecular weight is 90.1 g/mol. The van der Waals surface area contributed by atoms with Gasteiger partial charge in [0.2, 0.25) is 0 Å². The van der Waals surface area contributed by atoms with E-state index in [1.165, 1.54) is 0 Å². The molecule has 0 bridgehead atoms. The minimum atomic E-state index is 0.601. The number of rotatable bonds is 3. The van der Waals surface area contributed by atoms with E-state index in [4.69, 9.17) is 11.6 Å². The van der Waals surface area contributed by atoms with E-state index in [-0.39, 0.29) is 0 Å². The first-order valence-electron chi connectivity index (χ1n) is 1.80. The number of nitrogens with one attached hydrogen (secondary N) is 2. The van der Waals surface area contributed by atoms with Crippen molar-refractivity contribution >= 4 is 0 Å². The maximum Gasteiger partial charge on any atom is 0.0236 e. The first kappa shape index (κ1) is 5.84. The van der Waals surface area contributed by atoms with Crippen molar-refractivity contribution in [3.05, 3.63) is 0 Å². The van der Waals surface area contributed by atoms with Crippen LogP contribution in [0, 0.1) is 0 Å². The topological polar surface area (TPSA) is 76.1 Å². The summed E-state index contributed by atoms with van der Waals surface area (Å²) in [5.74, 6) is 4.80. The Morgan fingerprint density at radius 2 is 2.17 bits per heavy atom. The molecule has 0 radical (unpaired) electrons. The molecule has 4 nitrogen and oxygen atoms in total. The molecule has 0 saturated heterocycles. The Kier molecular flexibility index (Phi) is 4.71. The maximum atomic E-state index is 5.06. The lowest BCUT2D eigenvalue weighted by Crippen LogP contribution is -2.40. The lowest BCUT2D eigenvalue weighted by atomic mass is 10.7. The summed E-state index contributed by atoms with van der Waals surface area (Å²) in [4.78, 5) is 0. The molecule has 0 heterocycles. The molecule has 0 fully saturated rings. The van der Waals surface area contributed by atoms with Gasteiger partial charge in [-0.25, -0.2) is 5.43 Å². The van der Waals surface area contributed by atoms with Gasteiger partial charge in [-0.05, 0) is 0 Å². The summed E-state index contributed by atoms with van der Waals surface area (Å²) in [6.07, 6.45) is 0. The van der Waals surface area contributed by atoms with Crippen molar-refractivity contribution in [2.24, 2.45) is 11.6 Å². The van der Waals surface area contributed by atoms with E-state index in [2.05, 4.69) is 11.0 Å². The van der Waals surface area contributed by atoms with Crippen LogP contribution in [0.4, 0.5) is 0 Å². The van der Waals surface area contributed by atoms with Crippen LogP contribution in [0.25, 0.3) is 0 Å². The molecule has 0 rings (SSSR count). The van der Waals surface area contributed by atoms with Crippen LogP contribution in [0.15, 0.2) is 0 Å². The molecule has 0 aliphatic carbocycles. The van der Waals surface area contributed by atoms with Crippen molar-refractivity contribution in [2.45, 2.75) is 0 Å². The Bertz CT molecular complexity index is 17.5. The number of nitrogens with two attached hydrogens (primary N) is 2. The predicted octanol–water partition coefficient (Wildman–Crippen LogP) is -2.09. The van der Waals surface area contributed by atoms with Crippen LogP contribution >= 0.6 is 0 Å². The lowest BCUT2D eigenvalue weighted by molar-refractivity contribution is 0.561. The molecule has 0 atom stereocenters. The molecule has 0 aliphatic heterocycles. The van der Waals surface area contributed by atoms with Gasteiger partial charge in [0, 0.05) is 13.1 Å². The predicted molar refractivity (Wildman–Crippen MR) is 24.4 cm³/mol. The highest BCUT2D eigenvalue weighted by Gasteiger charge is 1.69. The SMILES string of the molecule is NCCNNN. The molecule has 0 unspecified atom stereocenters. The normalized spacial score (nSPS) is 9.00. The van der Waals surface area contributed by atoms with Crippen molar-refractivity contribution < 1.29 is 0 Å². The smallest absolute Gasteiger partial charge is 0.0236 e. The highest BCUT2D eigenvalue weighted by Crippen LogP contribution is 1.36. The second kappa shape index (κ2) is 4.84. The minimum Gasteiger partial charge on any atom is -0.329 e. The summed E-state index contributed by atoms with van der Waals surface area (Å²) in [6.45, 7) is 1.31. The molecule has 6 heavy (non-hydrogen) atoms. The third-order valence-electron chi connectivity index (χ3n) is 0.371. The Hall–Kier alpha value is -0.160. The third-order valence-corrected chi connectivity index (χ3v) is 0.371. The zero-order valence-electron chi connectivity index (χ0n) is 3.57. The van der Waals surface area contributed by atoms with Crippen molar-refractivity contribution in [3.63, 3.8) is 0 Å². The van der Waals surface area contributed by atoms with Gasteiger partial charge < -0.3 is 5.73 Å². The fraction of sp³-hybridized carbons (Fsp3) is 1.00. The van der Waals surface area contributed by atoms with Gasteiger partial charge >= 0.3 is 0 Å². The van der Waals surface area contributed by atoms with Gasteiger partial charge in [0.1, 0.15) is 0 Å². The van der Waals surface area contributed by atoms with E-state index < -0.39 is 0 Å². The van der Waals surface area contributed by atoms with E-state index in [0.29, 0.717) is 13.1 Å². The summed E-state index contributed by atoms with van der Waals surface area (Å²) in [7, 11) is 0. The van der Waals surface area contributed by atoms with Gasteiger partial charge in [-0.2, -0.15) is 5.53 Å². The summed E-state index contributed by atoms with van der Waals surface area (Å²) in [5.41, 5.74) is 9.90. The van der Waals surface area contributed by atoms with Gasteiger partial charge in [-0.3, -0.25) is 5.84 Å². The molecule has 0 amide bonds. The second-order valence-corrected chi connectivity index (χ2v) is 0.860. The maximum absolute atomic E-state index is 5.06. The van der Waals surface area contributed by atoms with Gasteiger partial charge in [0.15, 0.2) is 0 Å². The van der Waals surface area contributed by atoms with Crippen LogP contribution in [0.3, 0.4) is 0 Å². The molecular weight excluding hydrogens is 80.0 g/mol. The van der Waals surface area contributed by atoms with E-state index in [9.17, 15) is 0 Å². The molecule has 0 spiro atoms. The highest BCUT2D eigenvalue weighted by atomic mass is 15.5. The second-order valence-electron chi connectivity index (χ2n) is 0.860. The number of hydrazine groups is 2. The molecule has 6 N–H and O–H groups in total. The standard InChI is InChI=1S/C2H10N4/c3-1-2-5-6-4/h5-6H,1-4H2. The molecule has 0 aromatic heterocycles. The first-order valence-corrected chi connectivity index (χ1v) is 1.80. The summed E-state index contributed by atoms with van der Waals surface area (Å²) in [5, 5.41) is 0. The summed E-state index contributed by atoms with van der Waals surface area (Å²) >= 11 is 0. The number of hydrogen-bond acceptors (Lipinski definition) is 4. The fourth-order valence-electron chi connectivity index (χ4n) is 0.144. The van der Waals surface area contributed by atoms with Crippen LogP contribution in [-0.4, -0.2) is 13.1 Å². The van der Waals surface area contributed by atoms with Gasteiger partial charge in [0.25, 0.3) is 0 Å². The Morgan fingerprint density at radius 1 is 1.50 bits per heavy atom. The largest absolute Gasteiger partial charge is 0.329 e. The van der Waals surface area contributed by atoms with Crippen molar-refractivity contribution in [1.29, 1.82) is 0 Å². The molecule has 0 aromatic carbocycles. The van der Waals surface area contributed by atoms with Gasteiger partial charge in [0.05, 0.1) is 0 Å². The first-order chi connectivity index (χ1) is 2.91.